The van der Waals surface area contributed by atoms with E-state index in [-0.39, 0.29) is 0 Å². The highest BCUT2D eigenvalue weighted by molar-refractivity contribution is 5.94. The van der Waals surface area contributed by atoms with E-state index in [4.69, 9.17) is 0 Å². The highest BCUT2D eigenvalue weighted by Gasteiger charge is 2.25. The molecule has 1 aliphatic heterocycles. The molecule has 0 spiro atoms. The fraction of sp³-hybridized carbons (Fsp3) is 0.462. The van der Waals surface area contributed by atoms with Crippen LogP contribution in [0, 0.1) is 21.7 Å². The van der Waals surface area contributed by atoms with Gasteiger partial charge in [0.25, 0.3) is 5.91 Å². The summed E-state index contributed by atoms with van der Waals surface area (Å²) in [6.45, 7) is 0.994. The fourth-order valence-corrected chi connectivity index (χ4v) is 2.28. The molecule has 0 aromatic heterocycles. The zero-order valence-corrected chi connectivity index (χ0v) is 10.8. The van der Waals surface area contributed by atoms with Gasteiger partial charge in [-0.05, 0) is 18.9 Å². The number of carbonyl (C=O) groups excluding carboxylic acids is 1. The first-order valence-corrected chi connectivity index (χ1v) is 6.43. The average Bonchev–Trinajstić information content (AvgIpc) is 2.68. The molecule has 0 bridgehead atoms. The van der Waals surface area contributed by atoms with Crippen LogP contribution in [0.2, 0.25) is 0 Å². The van der Waals surface area contributed by atoms with Crippen LogP contribution in [0.4, 0.5) is 14.5 Å². The van der Waals surface area contributed by atoms with E-state index in [2.05, 4.69) is 0 Å². The van der Waals surface area contributed by atoms with E-state index >= 15 is 0 Å². The number of rotatable bonds is 2. The molecule has 1 aliphatic rings. The van der Waals surface area contributed by atoms with Crippen LogP contribution in [0.1, 0.15) is 36.0 Å². The summed E-state index contributed by atoms with van der Waals surface area (Å²) in [5, 5.41) is 10.5. The van der Waals surface area contributed by atoms with Gasteiger partial charge >= 0.3 is 5.69 Å². The van der Waals surface area contributed by atoms with Crippen LogP contribution in [-0.2, 0) is 0 Å². The minimum Gasteiger partial charge on any atom is -0.339 e. The fourth-order valence-electron chi connectivity index (χ4n) is 2.28. The Kier molecular flexibility index (Phi) is 4.26. The van der Waals surface area contributed by atoms with E-state index < -0.39 is 33.7 Å². The van der Waals surface area contributed by atoms with Gasteiger partial charge in [-0.15, -0.1) is 0 Å². The first kappa shape index (κ1) is 14.4. The summed E-state index contributed by atoms with van der Waals surface area (Å²) in [6.07, 6.45) is 3.65. The predicted molar refractivity (Wildman–Crippen MR) is 67.4 cm³/mol. The van der Waals surface area contributed by atoms with Crippen molar-refractivity contribution in [3.05, 3.63) is 39.4 Å². The Morgan fingerprint density at radius 2 is 1.70 bits per heavy atom. The largest absolute Gasteiger partial charge is 0.339 e. The Morgan fingerprint density at radius 1 is 1.10 bits per heavy atom. The topological polar surface area (TPSA) is 63.4 Å². The lowest BCUT2D eigenvalue weighted by molar-refractivity contribution is -0.387. The van der Waals surface area contributed by atoms with Gasteiger partial charge in [0.05, 0.1) is 16.6 Å². The van der Waals surface area contributed by atoms with Gasteiger partial charge in [0.2, 0.25) is 5.82 Å². The van der Waals surface area contributed by atoms with E-state index in [1.54, 1.807) is 0 Å². The van der Waals surface area contributed by atoms with Crippen molar-refractivity contribution in [2.24, 2.45) is 0 Å². The highest BCUT2D eigenvalue weighted by Crippen LogP contribution is 2.23. The number of hydrogen-bond acceptors (Lipinski definition) is 3. The van der Waals surface area contributed by atoms with Crippen molar-refractivity contribution in [2.45, 2.75) is 25.7 Å². The maximum atomic E-state index is 13.8. The monoisotopic (exact) mass is 284 g/mol. The second kappa shape index (κ2) is 5.94. The molecule has 2 rings (SSSR count). The first-order valence-electron chi connectivity index (χ1n) is 6.43. The van der Waals surface area contributed by atoms with Crippen molar-refractivity contribution in [2.75, 3.05) is 13.1 Å². The van der Waals surface area contributed by atoms with Crippen LogP contribution >= 0.6 is 0 Å². The molecule has 20 heavy (non-hydrogen) atoms. The molecule has 1 amide bonds. The van der Waals surface area contributed by atoms with Crippen LogP contribution in [0.5, 0.6) is 0 Å². The Balaban J connectivity index is 2.29. The maximum Gasteiger partial charge on any atom is 0.307 e. The molecule has 108 valence electrons. The van der Waals surface area contributed by atoms with E-state index in [1.807, 2.05) is 0 Å². The van der Waals surface area contributed by atoms with Gasteiger partial charge in [0.15, 0.2) is 0 Å². The number of nitro benzene ring substituents is 1. The molecule has 1 aromatic rings. The van der Waals surface area contributed by atoms with Gasteiger partial charge < -0.3 is 4.90 Å². The Morgan fingerprint density at radius 3 is 2.25 bits per heavy atom. The summed E-state index contributed by atoms with van der Waals surface area (Å²) >= 11 is 0. The summed E-state index contributed by atoms with van der Waals surface area (Å²) in [6, 6.07) is 1.07. The Labute approximate surface area is 114 Å². The molecule has 7 heteroatoms. The Hall–Kier alpha value is -2.05. The van der Waals surface area contributed by atoms with Crippen molar-refractivity contribution < 1.29 is 18.5 Å². The van der Waals surface area contributed by atoms with E-state index in [0.29, 0.717) is 25.2 Å². The number of amides is 1. The van der Waals surface area contributed by atoms with Gasteiger partial charge in [-0.3, -0.25) is 14.9 Å². The van der Waals surface area contributed by atoms with Crippen LogP contribution in [0.3, 0.4) is 0 Å². The third kappa shape index (κ3) is 2.92. The SMILES string of the molecule is O=C(c1cc(F)c([N+](=O)[O-])cc1F)N1CCCCCC1. The first-order chi connectivity index (χ1) is 9.50. The molecule has 5 nitrogen and oxygen atoms in total. The van der Waals surface area contributed by atoms with Crippen molar-refractivity contribution in [1.29, 1.82) is 0 Å². The number of nitrogens with zero attached hydrogens (tertiary/aromatic N) is 2. The molecule has 1 aromatic carbocycles. The van der Waals surface area contributed by atoms with Gasteiger partial charge in [0, 0.05) is 13.1 Å². The molecular weight excluding hydrogens is 270 g/mol. The number of likely N-dealkylation sites (tertiary alicyclic amines) is 1. The lowest BCUT2D eigenvalue weighted by Crippen LogP contribution is -2.32. The summed E-state index contributed by atoms with van der Waals surface area (Å²) in [5.74, 6) is -2.87. The minimum absolute atomic E-state index is 0.449. The van der Waals surface area contributed by atoms with Crippen LogP contribution < -0.4 is 0 Å². The van der Waals surface area contributed by atoms with Crippen molar-refractivity contribution in [3.8, 4) is 0 Å². The molecule has 0 unspecified atom stereocenters. The molecule has 1 heterocycles. The van der Waals surface area contributed by atoms with Crippen LogP contribution in [0.25, 0.3) is 0 Å². The standard InChI is InChI=1S/C13H14F2N2O3/c14-10-8-12(17(19)20)11(15)7-9(10)13(18)16-5-3-1-2-4-6-16/h7-8H,1-6H2. The summed E-state index contributed by atoms with van der Waals surface area (Å²) < 4.78 is 27.3. The van der Waals surface area contributed by atoms with E-state index in [1.165, 1.54) is 4.90 Å². The smallest absolute Gasteiger partial charge is 0.307 e. The lowest BCUT2D eigenvalue weighted by Gasteiger charge is -2.20. The minimum atomic E-state index is -1.20. The van der Waals surface area contributed by atoms with Crippen molar-refractivity contribution >= 4 is 11.6 Å². The lowest BCUT2D eigenvalue weighted by atomic mass is 10.1. The second-order valence-corrected chi connectivity index (χ2v) is 4.75. The second-order valence-electron chi connectivity index (χ2n) is 4.75. The summed E-state index contributed by atoms with van der Waals surface area (Å²) in [7, 11) is 0. The third-order valence-electron chi connectivity index (χ3n) is 3.36. The molecule has 1 fully saturated rings. The number of halogens is 2. The number of carbonyl (C=O) groups is 1. The zero-order valence-electron chi connectivity index (χ0n) is 10.8. The van der Waals surface area contributed by atoms with Crippen LogP contribution in [0.15, 0.2) is 12.1 Å². The van der Waals surface area contributed by atoms with Gasteiger partial charge in [0.1, 0.15) is 5.82 Å². The Bertz CT molecular complexity index is 541. The molecule has 1 saturated heterocycles. The van der Waals surface area contributed by atoms with E-state index in [0.717, 1.165) is 25.7 Å². The summed E-state index contributed by atoms with van der Waals surface area (Å²) in [4.78, 5) is 23.1. The molecule has 0 atom stereocenters. The quantitative estimate of drug-likeness (QED) is 0.619. The number of nitro groups is 1. The molecule has 0 radical (unpaired) electrons. The van der Waals surface area contributed by atoms with E-state index in [9.17, 15) is 23.7 Å². The van der Waals surface area contributed by atoms with Gasteiger partial charge in [-0.1, -0.05) is 12.8 Å². The van der Waals surface area contributed by atoms with Crippen molar-refractivity contribution in [1.82, 2.24) is 4.90 Å². The highest BCUT2D eigenvalue weighted by atomic mass is 19.1. The predicted octanol–water partition coefficient (Wildman–Crippen LogP) is 2.89. The third-order valence-corrected chi connectivity index (χ3v) is 3.36. The van der Waals surface area contributed by atoms with Crippen molar-refractivity contribution in [3.63, 3.8) is 0 Å². The summed E-state index contributed by atoms with van der Waals surface area (Å²) in [5.41, 5.74) is -1.41. The zero-order chi connectivity index (χ0) is 14.7. The average molecular weight is 284 g/mol. The van der Waals surface area contributed by atoms with Gasteiger partial charge in [-0.2, -0.15) is 4.39 Å². The molecule has 0 aliphatic carbocycles. The molecule has 0 saturated carbocycles. The van der Waals surface area contributed by atoms with Gasteiger partial charge in [-0.25, -0.2) is 4.39 Å². The molecular formula is C13H14F2N2O3. The number of benzene rings is 1. The number of hydrogen-bond donors (Lipinski definition) is 0. The van der Waals surface area contributed by atoms with Crippen LogP contribution in [-0.4, -0.2) is 28.8 Å². The molecule has 0 N–H and O–H groups in total. The maximum absolute atomic E-state index is 13.8. The normalized spacial score (nSPS) is 15.8.